The maximum atomic E-state index is 13.0. The van der Waals surface area contributed by atoms with Crippen molar-refractivity contribution in [2.45, 2.75) is 33.2 Å². The molecule has 25 heavy (non-hydrogen) atoms. The minimum atomic E-state index is -0.211. The summed E-state index contributed by atoms with van der Waals surface area (Å²) in [6.45, 7) is 6.36. The zero-order chi connectivity index (χ0) is 17.4. The number of hydrogen-bond acceptors (Lipinski definition) is 3. The molecule has 0 fully saturated rings. The molecule has 0 aliphatic heterocycles. The van der Waals surface area contributed by atoms with Gasteiger partial charge in [0.2, 0.25) is 0 Å². The minimum Gasteiger partial charge on any atom is -0.357 e. The van der Waals surface area contributed by atoms with Gasteiger partial charge in [0.15, 0.2) is 5.96 Å². The quantitative estimate of drug-likeness (QED) is 0.372. The average Bonchev–Trinajstić information content (AvgIpc) is 3.04. The van der Waals surface area contributed by atoms with Crippen LogP contribution in [0.25, 0.3) is 0 Å². The first kappa shape index (κ1) is 21.8. The van der Waals surface area contributed by atoms with E-state index < -0.39 is 0 Å². The lowest BCUT2D eigenvalue weighted by atomic mass is 10.2. The lowest BCUT2D eigenvalue weighted by molar-refractivity contribution is 0.476. The van der Waals surface area contributed by atoms with Crippen molar-refractivity contribution < 1.29 is 4.39 Å². The molecule has 1 N–H and O–H groups in total. The summed E-state index contributed by atoms with van der Waals surface area (Å²) in [6, 6.07) is 6.58. The predicted octanol–water partition coefficient (Wildman–Crippen LogP) is 4.10. The van der Waals surface area contributed by atoms with E-state index in [0.717, 1.165) is 36.6 Å². The van der Waals surface area contributed by atoms with Crippen LogP contribution in [0.3, 0.4) is 0 Å². The summed E-state index contributed by atoms with van der Waals surface area (Å²) in [6.07, 6.45) is 1.83. The first-order valence-corrected chi connectivity index (χ1v) is 9.17. The fourth-order valence-electron chi connectivity index (χ4n) is 2.31. The summed E-state index contributed by atoms with van der Waals surface area (Å²) in [5, 5.41) is 6.59. The highest BCUT2D eigenvalue weighted by molar-refractivity contribution is 14.0. The zero-order valence-corrected chi connectivity index (χ0v) is 18.1. The van der Waals surface area contributed by atoms with Gasteiger partial charge < -0.3 is 10.2 Å². The van der Waals surface area contributed by atoms with E-state index in [1.165, 1.54) is 17.1 Å². The highest BCUT2D eigenvalue weighted by Gasteiger charge is 2.07. The SMILES string of the molecule is CCNC(=NCCc1csc(CC)n1)N(C)Cc1ccc(F)cc1.I. The molecule has 0 aliphatic carbocycles. The van der Waals surface area contributed by atoms with Crippen molar-refractivity contribution in [3.8, 4) is 0 Å². The Bertz CT molecular complexity index is 657. The summed E-state index contributed by atoms with van der Waals surface area (Å²) < 4.78 is 13.0. The molecule has 7 heteroatoms. The summed E-state index contributed by atoms with van der Waals surface area (Å²) in [5.41, 5.74) is 2.16. The molecule has 1 aromatic heterocycles. The van der Waals surface area contributed by atoms with Crippen LogP contribution in [0, 0.1) is 5.82 Å². The third kappa shape index (κ3) is 7.27. The molecule has 2 rings (SSSR count). The van der Waals surface area contributed by atoms with Crippen molar-refractivity contribution in [2.75, 3.05) is 20.1 Å². The molecule has 0 bridgehead atoms. The topological polar surface area (TPSA) is 40.5 Å². The molecule has 0 unspecified atom stereocenters. The predicted molar refractivity (Wildman–Crippen MR) is 114 cm³/mol. The molecule has 0 spiro atoms. The van der Waals surface area contributed by atoms with Gasteiger partial charge >= 0.3 is 0 Å². The van der Waals surface area contributed by atoms with Gasteiger partial charge in [-0.2, -0.15) is 0 Å². The summed E-state index contributed by atoms with van der Waals surface area (Å²) in [4.78, 5) is 11.3. The van der Waals surface area contributed by atoms with Crippen molar-refractivity contribution in [3.05, 3.63) is 51.7 Å². The molecule has 0 saturated carbocycles. The highest BCUT2D eigenvalue weighted by atomic mass is 127. The van der Waals surface area contributed by atoms with Crippen molar-refractivity contribution in [3.63, 3.8) is 0 Å². The number of guanidine groups is 1. The number of aryl methyl sites for hydroxylation is 1. The lowest BCUT2D eigenvalue weighted by Crippen LogP contribution is -2.38. The van der Waals surface area contributed by atoms with Crippen LogP contribution in [0.1, 0.15) is 30.1 Å². The van der Waals surface area contributed by atoms with Gasteiger partial charge in [-0.1, -0.05) is 19.1 Å². The number of thiazole rings is 1. The first-order chi connectivity index (χ1) is 11.6. The van der Waals surface area contributed by atoms with Crippen molar-refractivity contribution >= 4 is 41.3 Å². The number of halogens is 2. The first-order valence-electron chi connectivity index (χ1n) is 8.29. The minimum absolute atomic E-state index is 0. The maximum Gasteiger partial charge on any atom is 0.193 e. The van der Waals surface area contributed by atoms with Crippen LogP contribution in [0.15, 0.2) is 34.6 Å². The highest BCUT2D eigenvalue weighted by Crippen LogP contribution is 2.11. The number of aromatic nitrogens is 1. The standard InChI is InChI=1S/C18H25FN4S.HI/c1-4-17-22-16(13-24-17)10-11-21-18(20-5-2)23(3)12-14-6-8-15(19)9-7-14;/h6-9,13H,4-5,10-12H2,1-3H3,(H,20,21);1H. The number of nitrogens with zero attached hydrogens (tertiary/aromatic N) is 3. The molecule has 0 aliphatic rings. The molecule has 0 amide bonds. The van der Waals surface area contributed by atoms with E-state index in [1.807, 2.05) is 7.05 Å². The molecule has 2 aromatic rings. The molecule has 0 saturated heterocycles. The van der Waals surface area contributed by atoms with Crippen molar-refractivity contribution in [1.29, 1.82) is 0 Å². The van der Waals surface area contributed by atoms with Crippen molar-refractivity contribution in [1.82, 2.24) is 15.2 Å². The van der Waals surface area contributed by atoms with E-state index in [-0.39, 0.29) is 29.8 Å². The molecule has 4 nitrogen and oxygen atoms in total. The third-order valence-corrected chi connectivity index (χ3v) is 4.60. The summed E-state index contributed by atoms with van der Waals surface area (Å²) in [7, 11) is 1.99. The van der Waals surface area contributed by atoms with Crippen LogP contribution in [0.2, 0.25) is 0 Å². The molecule has 1 heterocycles. The average molecular weight is 476 g/mol. The Morgan fingerprint density at radius 3 is 2.60 bits per heavy atom. The van der Waals surface area contributed by atoms with Gasteiger partial charge in [0.1, 0.15) is 5.82 Å². The Morgan fingerprint density at radius 1 is 1.28 bits per heavy atom. The normalized spacial score (nSPS) is 11.1. The van der Waals surface area contributed by atoms with Gasteiger partial charge in [0.05, 0.1) is 10.7 Å². The van der Waals surface area contributed by atoms with Crippen LogP contribution in [0.4, 0.5) is 4.39 Å². The monoisotopic (exact) mass is 476 g/mol. The van der Waals surface area contributed by atoms with E-state index >= 15 is 0 Å². The van der Waals surface area contributed by atoms with Crippen LogP contribution in [-0.4, -0.2) is 36.0 Å². The van der Waals surface area contributed by atoms with E-state index in [0.29, 0.717) is 13.1 Å². The largest absolute Gasteiger partial charge is 0.357 e. The molecule has 138 valence electrons. The van der Waals surface area contributed by atoms with E-state index in [2.05, 4.69) is 39.4 Å². The van der Waals surface area contributed by atoms with Gasteiger partial charge in [-0.15, -0.1) is 35.3 Å². The second-order valence-electron chi connectivity index (χ2n) is 5.55. The van der Waals surface area contributed by atoms with Crippen LogP contribution in [0.5, 0.6) is 0 Å². The number of benzene rings is 1. The second-order valence-corrected chi connectivity index (χ2v) is 6.50. The van der Waals surface area contributed by atoms with Gasteiger partial charge in [0.25, 0.3) is 0 Å². The van der Waals surface area contributed by atoms with Crippen LogP contribution < -0.4 is 5.32 Å². The Hall–Kier alpha value is -1.22. The van der Waals surface area contributed by atoms with Gasteiger partial charge in [0, 0.05) is 38.5 Å². The number of nitrogens with one attached hydrogen (secondary N) is 1. The Labute approximate surface area is 170 Å². The molecule has 1 aromatic carbocycles. The molecular formula is C18H26FIN4S. The number of rotatable bonds is 7. The molecule has 0 atom stereocenters. The van der Waals surface area contributed by atoms with E-state index in [1.54, 1.807) is 23.5 Å². The molecule has 0 radical (unpaired) electrons. The zero-order valence-electron chi connectivity index (χ0n) is 15.0. The van der Waals surface area contributed by atoms with Gasteiger partial charge in [-0.25, -0.2) is 9.37 Å². The van der Waals surface area contributed by atoms with Crippen molar-refractivity contribution in [2.24, 2.45) is 4.99 Å². The number of hydrogen-bond donors (Lipinski definition) is 1. The van der Waals surface area contributed by atoms with E-state index in [4.69, 9.17) is 0 Å². The fourth-order valence-corrected chi connectivity index (χ4v) is 3.09. The number of aliphatic imine (C=N–C) groups is 1. The fraction of sp³-hybridized carbons (Fsp3) is 0.444. The smallest absolute Gasteiger partial charge is 0.193 e. The van der Waals surface area contributed by atoms with Crippen LogP contribution >= 0.6 is 35.3 Å². The van der Waals surface area contributed by atoms with E-state index in [9.17, 15) is 4.39 Å². The lowest BCUT2D eigenvalue weighted by Gasteiger charge is -2.22. The molecular weight excluding hydrogens is 450 g/mol. The maximum absolute atomic E-state index is 13.0. The van der Waals surface area contributed by atoms with Crippen LogP contribution in [-0.2, 0) is 19.4 Å². The summed E-state index contributed by atoms with van der Waals surface area (Å²) in [5.74, 6) is 0.643. The van der Waals surface area contributed by atoms with Gasteiger partial charge in [-0.3, -0.25) is 4.99 Å². The Balaban J connectivity index is 0.00000312. The Kier molecular flexibility index (Phi) is 9.96. The third-order valence-electron chi connectivity index (χ3n) is 3.56. The second kappa shape index (κ2) is 11.4. The summed E-state index contributed by atoms with van der Waals surface area (Å²) >= 11 is 1.71. The Morgan fingerprint density at radius 2 is 2.00 bits per heavy atom. The van der Waals surface area contributed by atoms with Gasteiger partial charge in [-0.05, 0) is 31.0 Å².